The number of carbonyl (C=O) groups is 2. The smallest absolute Gasteiger partial charge is 0.331 e. The molecule has 1 aromatic heterocycles. The van der Waals surface area contributed by atoms with Crippen LogP contribution < -0.4 is 5.32 Å². The number of hydrogen-bond acceptors (Lipinski definition) is 3. The first kappa shape index (κ1) is 12.6. The molecule has 1 saturated carbocycles. The number of hydrogen-bond donors (Lipinski definition) is 2. The normalized spacial score (nSPS) is 16.4. The van der Waals surface area contributed by atoms with Crippen molar-refractivity contribution in [3.05, 3.63) is 20.8 Å². The topological polar surface area (TPSA) is 71.2 Å². The van der Waals surface area contributed by atoms with Crippen LogP contribution in [0.3, 0.4) is 0 Å². The average molecular weight is 366 g/mol. The lowest BCUT2D eigenvalue weighted by molar-refractivity contribution is -0.144. The van der Waals surface area contributed by atoms with E-state index in [9.17, 15) is 9.59 Å². The van der Waals surface area contributed by atoms with E-state index in [0.717, 1.165) is 4.47 Å². The number of esters is 1. The van der Waals surface area contributed by atoms with Crippen LogP contribution in [0.4, 0.5) is 0 Å². The van der Waals surface area contributed by atoms with Gasteiger partial charge in [-0.15, -0.1) is 0 Å². The Bertz CT molecular complexity index is 460. The van der Waals surface area contributed by atoms with E-state index in [1.54, 1.807) is 6.07 Å². The summed E-state index contributed by atoms with van der Waals surface area (Å²) in [5, 5.41) is 2.69. The summed E-state index contributed by atoms with van der Waals surface area (Å²) in [7, 11) is 1.32. The minimum Gasteiger partial charge on any atom is -0.467 e. The third-order valence-corrected chi connectivity index (χ3v) is 4.43. The van der Waals surface area contributed by atoms with E-state index in [4.69, 9.17) is 0 Å². The van der Waals surface area contributed by atoms with E-state index >= 15 is 0 Å². The highest BCUT2D eigenvalue weighted by Crippen LogP contribution is 2.37. The lowest BCUT2D eigenvalue weighted by atomic mass is 10.2. The molecule has 1 heterocycles. The van der Waals surface area contributed by atoms with Gasteiger partial charge in [-0.2, -0.15) is 0 Å². The van der Waals surface area contributed by atoms with Crippen molar-refractivity contribution in [2.75, 3.05) is 7.11 Å². The first-order chi connectivity index (χ1) is 7.98. The van der Waals surface area contributed by atoms with Crippen molar-refractivity contribution in [1.82, 2.24) is 10.3 Å². The van der Waals surface area contributed by atoms with E-state index < -0.39 is 11.5 Å². The summed E-state index contributed by atoms with van der Waals surface area (Å²) >= 11 is 6.52. The number of aromatic amines is 1. The second kappa shape index (κ2) is 4.45. The lowest BCUT2D eigenvalue weighted by Gasteiger charge is -2.13. The number of nitrogens with one attached hydrogen (secondary N) is 2. The highest BCUT2D eigenvalue weighted by Gasteiger charge is 2.52. The molecule has 0 aliphatic heterocycles. The molecule has 0 bridgehead atoms. The zero-order chi connectivity index (χ0) is 12.6. The number of carbonyl (C=O) groups excluding carboxylic acids is 2. The summed E-state index contributed by atoms with van der Waals surface area (Å²) in [6.07, 6.45) is 1.24. The molecule has 0 aromatic carbocycles. The minimum atomic E-state index is -0.824. The molecule has 2 N–H and O–H groups in total. The highest BCUT2D eigenvalue weighted by atomic mass is 79.9. The van der Waals surface area contributed by atoms with Crippen LogP contribution in [0.1, 0.15) is 23.3 Å². The van der Waals surface area contributed by atoms with E-state index in [1.807, 2.05) is 0 Å². The summed E-state index contributed by atoms with van der Waals surface area (Å²) in [4.78, 5) is 26.2. The maximum Gasteiger partial charge on any atom is 0.331 e. The van der Waals surface area contributed by atoms with Crippen LogP contribution in [0.5, 0.6) is 0 Å². The molecule has 17 heavy (non-hydrogen) atoms. The predicted octanol–water partition coefficient (Wildman–Crippen LogP) is 1.98. The molecule has 0 radical (unpaired) electrons. The van der Waals surface area contributed by atoms with E-state index in [1.165, 1.54) is 7.11 Å². The zero-order valence-corrected chi connectivity index (χ0v) is 12.1. The fourth-order valence-electron chi connectivity index (χ4n) is 1.51. The van der Waals surface area contributed by atoms with Crippen LogP contribution in [0.25, 0.3) is 0 Å². The molecule has 0 saturated heterocycles. The van der Waals surface area contributed by atoms with Crippen LogP contribution in [0.2, 0.25) is 0 Å². The lowest BCUT2D eigenvalue weighted by Crippen LogP contribution is -2.43. The molecular weight excluding hydrogens is 356 g/mol. The Balaban J connectivity index is 2.10. The van der Waals surface area contributed by atoms with E-state index in [-0.39, 0.29) is 5.91 Å². The number of methoxy groups -OCH3 is 1. The highest BCUT2D eigenvalue weighted by molar-refractivity contribution is 9.13. The molecule has 92 valence electrons. The summed E-state index contributed by atoms with van der Waals surface area (Å²) in [5.74, 6) is -0.713. The van der Waals surface area contributed by atoms with Crippen LogP contribution in [-0.2, 0) is 9.53 Å². The number of rotatable bonds is 3. The van der Waals surface area contributed by atoms with Gasteiger partial charge < -0.3 is 15.0 Å². The summed E-state index contributed by atoms with van der Waals surface area (Å²) < 4.78 is 6.10. The minimum absolute atomic E-state index is 0.320. The van der Waals surface area contributed by atoms with Gasteiger partial charge in [0, 0.05) is 0 Å². The molecule has 0 spiro atoms. The molecule has 1 aliphatic carbocycles. The molecule has 0 atom stereocenters. The maximum atomic E-state index is 11.9. The summed E-state index contributed by atoms with van der Waals surface area (Å²) in [5.41, 5.74) is -0.436. The van der Waals surface area contributed by atoms with Crippen molar-refractivity contribution in [2.24, 2.45) is 0 Å². The van der Waals surface area contributed by atoms with E-state index in [2.05, 4.69) is 46.9 Å². The molecule has 2 rings (SSSR count). The fourth-order valence-corrected chi connectivity index (χ4v) is 2.17. The number of ether oxygens (including phenoxy) is 1. The van der Waals surface area contributed by atoms with E-state index in [0.29, 0.717) is 23.1 Å². The molecular formula is C10H10Br2N2O3. The van der Waals surface area contributed by atoms with Gasteiger partial charge in [0.05, 0.1) is 16.2 Å². The fraction of sp³-hybridized carbons (Fsp3) is 0.400. The molecule has 7 heteroatoms. The Hall–Kier alpha value is -0.820. The van der Waals surface area contributed by atoms with Crippen molar-refractivity contribution in [3.8, 4) is 0 Å². The van der Waals surface area contributed by atoms with Gasteiger partial charge in [0.1, 0.15) is 11.2 Å². The van der Waals surface area contributed by atoms with Gasteiger partial charge in [-0.1, -0.05) is 0 Å². The van der Waals surface area contributed by atoms with Crippen molar-refractivity contribution < 1.29 is 14.3 Å². The standard InChI is InChI=1S/C10H10Br2N2O3/c1-17-9(16)10(2-3-10)14-8(15)6-4-5(11)7(12)13-6/h4,13H,2-3H2,1H3,(H,14,15). The van der Waals surface area contributed by atoms with Crippen molar-refractivity contribution in [3.63, 3.8) is 0 Å². The van der Waals surface area contributed by atoms with Gasteiger partial charge in [-0.3, -0.25) is 4.79 Å². The maximum absolute atomic E-state index is 11.9. The Kier molecular flexibility index (Phi) is 3.31. The predicted molar refractivity (Wildman–Crippen MR) is 67.6 cm³/mol. The first-order valence-electron chi connectivity index (χ1n) is 4.93. The van der Waals surface area contributed by atoms with Gasteiger partial charge in [0.15, 0.2) is 0 Å². The van der Waals surface area contributed by atoms with Crippen molar-refractivity contribution in [2.45, 2.75) is 18.4 Å². The van der Waals surface area contributed by atoms with Gasteiger partial charge in [-0.05, 0) is 50.8 Å². The van der Waals surface area contributed by atoms with Gasteiger partial charge >= 0.3 is 5.97 Å². The Morgan fingerprint density at radius 1 is 1.47 bits per heavy atom. The third-order valence-electron chi connectivity index (χ3n) is 2.65. The third kappa shape index (κ3) is 2.40. The van der Waals surface area contributed by atoms with Crippen LogP contribution >= 0.6 is 31.9 Å². The Morgan fingerprint density at radius 3 is 2.53 bits per heavy atom. The number of halogens is 2. The number of amides is 1. The molecule has 1 fully saturated rings. The number of H-pyrrole nitrogens is 1. The Labute approximate surface area is 115 Å². The van der Waals surface area contributed by atoms with Crippen molar-refractivity contribution >= 4 is 43.7 Å². The molecule has 1 amide bonds. The van der Waals surface area contributed by atoms with Crippen LogP contribution in [-0.4, -0.2) is 29.5 Å². The zero-order valence-electron chi connectivity index (χ0n) is 8.97. The molecule has 0 unspecified atom stereocenters. The first-order valence-corrected chi connectivity index (χ1v) is 6.52. The number of aromatic nitrogens is 1. The summed E-state index contributed by atoms with van der Waals surface area (Å²) in [6.45, 7) is 0. The van der Waals surface area contributed by atoms with Gasteiger partial charge in [0.2, 0.25) is 0 Å². The quantitative estimate of drug-likeness (QED) is 0.804. The SMILES string of the molecule is COC(=O)C1(NC(=O)c2cc(Br)c(Br)[nH]2)CC1. The second-order valence-corrected chi connectivity index (χ2v) is 5.52. The molecule has 1 aliphatic rings. The van der Waals surface area contributed by atoms with Crippen LogP contribution in [0.15, 0.2) is 15.1 Å². The second-order valence-electron chi connectivity index (χ2n) is 3.87. The van der Waals surface area contributed by atoms with Gasteiger partial charge in [-0.25, -0.2) is 4.79 Å². The molecule has 5 nitrogen and oxygen atoms in total. The summed E-state index contributed by atoms with van der Waals surface area (Å²) in [6, 6.07) is 1.65. The largest absolute Gasteiger partial charge is 0.467 e. The molecule has 1 aromatic rings. The average Bonchev–Trinajstić information content (AvgIpc) is 3.00. The van der Waals surface area contributed by atoms with Crippen LogP contribution in [0, 0.1) is 0 Å². The Morgan fingerprint density at radius 2 is 2.12 bits per heavy atom. The van der Waals surface area contributed by atoms with Gasteiger partial charge in [0.25, 0.3) is 5.91 Å². The monoisotopic (exact) mass is 364 g/mol. The van der Waals surface area contributed by atoms with Crippen molar-refractivity contribution in [1.29, 1.82) is 0 Å².